The first kappa shape index (κ1) is 18.6. The number of hydrogen-bond donors (Lipinski definition) is 1. The normalized spacial score (nSPS) is 14.8. The Hall–Kier alpha value is -1.69. The second-order valence-electron chi connectivity index (χ2n) is 5.98. The molecular formula is C18H22BrNO4. The van der Waals surface area contributed by atoms with E-state index in [-0.39, 0.29) is 43.1 Å². The smallest absolute Gasteiger partial charge is 0.325 e. The molecule has 0 aliphatic heterocycles. The number of esters is 1. The van der Waals surface area contributed by atoms with Crippen molar-refractivity contribution in [1.29, 1.82) is 0 Å². The number of carbonyl (C=O) groups excluding carboxylic acids is 3. The standard InChI is InChI=1S/C18H22BrNO4/c1-2-24-18(23)11-20-17(22)10-14(9-16(21)13-3-4-13)12-5-7-15(19)8-6-12/h5-8,13-14H,2-4,9-11H2,1H3,(H,20,22). The maximum atomic E-state index is 12.2. The Balaban J connectivity index is 1.96. The lowest BCUT2D eigenvalue weighted by molar-refractivity contribution is -0.143. The second-order valence-corrected chi connectivity index (χ2v) is 6.89. The lowest BCUT2D eigenvalue weighted by Gasteiger charge is -2.16. The zero-order valence-corrected chi connectivity index (χ0v) is 15.3. The van der Waals surface area contributed by atoms with Crippen LogP contribution < -0.4 is 5.32 Å². The highest BCUT2D eigenvalue weighted by Gasteiger charge is 2.31. The van der Waals surface area contributed by atoms with E-state index >= 15 is 0 Å². The minimum atomic E-state index is -0.458. The highest BCUT2D eigenvalue weighted by Crippen LogP contribution is 2.35. The summed E-state index contributed by atoms with van der Waals surface area (Å²) in [6.07, 6.45) is 2.46. The highest BCUT2D eigenvalue weighted by molar-refractivity contribution is 9.10. The van der Waals surface area contributed by atoms with Crippen LogP contribution in [0.3, 0.4) is 0 Å². The number of amides is 1. The summed E-state index contributed by atoms with van der Waals surface area (Å²) in [5, 5.41) is 2.56. The topological polar surface area (TPSA) is 72.5 Å². The van der Waals surface area contributed by atoms with Crippen LogP contribution in [-0.4, -0.2) is 30.8 Å². The van der Waals surface area contributed by atoms with Crippen molar-refractivity contribution in [2.24, 2.45) is 5.92 Å². The molecular weight excluding hydrogens is 374 g/mol. The van der Waals surface area contributed by atoms with Gasteiger partial charge in [-0.15, -0.1) is 0 Å². The zero-order chi connectivity index (χ0) is 17.5. The predicted molar refractivity (Wildman–Crippen MR) is 93.5 cm³/mol. The number of carbonyl (C=O) groups is 3. The fourth-order valence-electron chi connectivity index (χ4n) is 2.54. The SMILES string of the molecule is CCOC(=O)CNC(=O)CC(CC(=O)C1CC1)c1ccc(Br)cc1. The van der Waals surface area contributed by atoms with Crippen molar-refractivity contribution < 1.29 is 19.1 Å². The molecule has 0 saturated heterocycles. The Morgan fingerprint density at radius 3 is 2.46 bits per heavy atom. The molecule has 1 aromatic rings. The van der Waals surface area contributed by atoms with Crippen LogP contribution in [0.5, 0.6) is 0 Å². The van der Waals surface area contributed by atoms with Crippen molar-refractivity contribution in [3.8, 4) is 0 Å². The molecule has 0 bridgehead atoms. The lowest BCUT2D eigenvalue weighted by Crippen LogP contribution is -2.31. The fraction of sp³-hybridized carbons (Fsp3) is 0.500. The Bertz CT molecular complexity index is 596. The van der Waals surface area contributed by atoms with E-state index in [0.717, 1.165) is 22.9 Å². The van der Waals surface area contributed by atoms with E-state index in [0.29, 0.717) is 6.42 Å². The minimum absolute atomic E-state index is 0.143. The van der Waals surface area contributed by atoms with Gasteiger partial charge >= 0.3 is 5.97 Å². The molecule has 24 heavy (non-hydrogen) atoms. The Labute approximate surface area is 150 Å². The van der Waals surface area contributed by atoms with Gasteiger partial charge in [-0.3, -0.25) is 14.4 Å². The molecule has 130 valence electrons. The fourth-order valence-corrected chi connectivity index (χ4v) is 2.80. The maximum Gasteiger partial charge on any atom is 0.325 e. The molecule has 1 N–H and O–H groups in total. The summed E-state index contributed by atoms with van der Waals surface area (Å²) in [5.41, 5.74) is 0.957. The summed E-state index contributed by atoms with van der Waals surface area (Å²) in [5.74, 6) is -0.486. The van der Waals surface area contributed by atoms with Gasteiger partial charge in [0.2, 0.25) is 5.91 Å². The zero-order valence-electron chi connectivity index (χ0n) is 13.7. The molecule has 0 radical (unpaired) electrons. The molecule has 1 aliphatic carbocycles. The van der Waals surface area contributed by atoms with Gasteiger partial charge in [-0.1, -0.05) is 28.1 Å². The van der Waals surface area contributed by atoms with Crippen molar-refractivity contribution in [1.82, 2.24) is 5.32 Å². The molecule has 1 fully saturated rings. The molecule has 5 nitrogen and oxygen atoms in total. The van der Waals surface area contributed by atoms with Crippen LogP contribution in [0, 0.1) is 5.92 Å². The summed E-state index contributed by atoms with van der Waals surface area (Å²) in [6.45, 7) is 1.86. The molecule has 1 aromatic carbocycles. The van der Waals surface area contributed by atoms with Crippen LogP contribution in [0.15, 0.2) is 28.7 Å². The van der Waals surface area contributed by atoms with Gasteiger partial charge in [0.25, 0.3) is 0 Å². The Morgan fingerprint density at radius 2 is 1.88 bits per heavy atom. The van der Waals surface area contributed by atoms with Gasteiger partial charge in [0.05, 0.1) is 6.61 Å². The minimum Gasteiger partial charge on any atom is -0.465 e. The quantitative estimate of drug-likeness (QED) is 0.652. The van der Waals surface area contributed by atoms with E-state index in [2.05, 4.69) is 21.2 Å². The van der Waals surface area contributed by atoms with Crippen LogP contribution in [0.25, 0.3) is 0 Å². The number of ether oxygens (including phenoxy) is 1. The number of halogens is 1. The molecule has 1 saturated carbocycles. The van der Waals surface area contributed by atoms with Gasteiger partial charge in [0.1, 0.15) is 12.3 Å². The van der Waals surface area contributed by atoms with Crippen LogP contribution >= 0.6 is 15.9 Å². The van der Waals surface area contributed by atoms with E-state index in [9.17, 15) is 14.4 Å². The first-order valence-corrected chi connectivity index (χ1v) is 8.99. The van der Waals surface area contributed by atoms with Crippen molar-refractivity contribution in [3.63, 3.8) is 0 Å². The monoisotopic (exact) mass is 395 g/mol. The van der Waals surface area contributed by atoms with Gasteiger partial charge in [-0.2, -0.15) is 0 Å². The number of ketones is 1. The summed E-state index contributed by atoms with van der Waals surface area (Å²) < 4.78 is 5.74. The van der Waals surface area contributed by atoms with E-state index in [1.165, 1.54) is 0 Å². The molecule has 1 amide bonds. The second kappa shape index (κ2) is 8.97. The summed E-state index contributed by atoms with van der Waals surface area (Å²) >= 11 is 3.39. The Morgan fingerprint density at radius 1 is 1.21 bits per heavy atom. The third kappa shape index (κ3) is 6.07. The molecule has 1 unspecified atom stereocenters. The number of hydrogen-bond acceptors (Lipinski definition) is 4. The van der Waals surface area contributed by atoms with Crippen molar-refractivity contribution in [2.45, 2.75) is 38.5 Å². The van der Waals surface area contributed by atoms with Gasteiger partial charge < -0.3 is 10.1 Å². The lowest BCUT2D eigenvalue weighted by atomic mass is 9.89. The van der Waals surface area contributed by atoms with Gasteiger partial charge in [-0.25, -0.2) is 0 Å². The summed E-state index contributed by atoms with van der Waals surface area (Å²) in [7, 11) is 0. The van der Waals surface area contributed by atoms with Crippen LogP contribution in [-0.2, 0) is 19.1 Å². The third-order valence-corrected chi connectivity index (χ3v) is 4.52. The van der Waals surface area contributed by atoms with Gasteiger partial charge in [0, 0.05) is 23.2 Å². The van der Waals surface area contributed by atoms with E-state index < -0.39 is 5.97 Å². The highest BCUT2D eigenvalue weighted by atomic mass is 79.9. The molecule has 1 atom stereocenters. The van der Waals surface area contributed by atoms with Crippen LogP contribution in [0.1, 0.15) is 44.1 Å². The van der Waals surface area contributed by atoms with Crippen molar-refractivity contribution in [3.05, 3.63) is 34.3 Å². The number of benzene rings is 1. The number of rotatable bonds is 9. The Kier molecular flexibility index (Phi) is 6.97. The predicted octanol–water partition coefficient (Wildman–Crippen LogP) is 2.97. The number of nitrogens with one attached hydrogen (secondary N) is 1. The third-order valence-electron chi connectivity index (χ3n) is 3.99. The van der Waals surface area contributed by atoms with E-state index in [1.807, 2.05) is 24.3 Å². The average Bonchev–Trinajstić information content (AvgIpc) is 3.38. The van der Waals surface area contributed by atoms with Crippen molar-refractivity contribution in [2.75, 3.05) is 13.2 Å². The molecule has 0 heterocycles. The van der Waals surface area contributed by atoms with Gasteiger partial charge in [0.15, 0.2) is 0 Å². The molecule has 0 spiro atoms. The van der Waals surface area contributed by atoms with Crippen molar-refractivity contribution >= 4 is 33.6 Å². The molecule has 6 heteroatoms. The maximum absolute atomic E-state index is 12.2. The van der Waals surface area contributed by atoms with E-state index in [4.69, 9.17) is 4.74 Å². The summed E-state index contributed by atoms with van der Waals surface area (Å²) in [4.78, 5) is 35.6. The van der Waals surface area contributed by atoms with Crippen LogP contribution in [0.4, 0.5) is 0 Å². The summed E-state index contributed by atoms with van der Waals surface area (Å²) in [6, 6.07) is 7.65. The van der Waals surface area contributed by atoms with Gasteiger partial charge in [-0.05, 0) is 43.4 Å². The first-order chi connectivity index (χ1) is 11.5. The molecule has 0 aromatic heterocycles. The molecule has 2 rings (SSSR count). The molecule has 1 aliphatic rings. The van der Waals surface area contributed by atoms with E-state index in [1.54, 1.807) is 6.92 Å². The van der Waals surface area contributed by atoms with Crippen LogP contribution in [0.2, 0.25) is 0 Å². The first-order valence-electron chi connectivity index (χ1n) is 8.20. The average molecular weight is 396 g/mol. The largest absolute Gasteiger partial charge is 0.465 e. The number of Topliss-reactive ketones (excluding diaryl/α,β-unsaturated/α-hetero) is 1.